The number of halogens is 2. The number of aryl methyl sites for hydroxylation is 1. The van der Waals surface area contributed by atoms with E-state index in [0.29, 0.717) is 0 Å². The minimum absolute atomic E-state index is 0.118. The van der Waals surface area contributed by atoms with Crippen LogP contribution in [0.15, 0.2) is 23.1 Å². The summed E-state index contributed by atoms with van der Waals surface area (Å²) in [6.07, 6.45) is 2.07. The van der Waals surface area contributed by atoms with Gasteiger partial charge in [-0.1, -0.05) is 12.1 Å². The normalized spacial score (nSPS) is 16.5. The SMILES string of the molecule is CNC(Cc1ccc2c(c1)SCC2)C(Cl)Cl. The van der Waals surface area contributed by atoms with Crippen molar-refractivity contribution in [2.75, 3.05) is 12.8 Å². The molecular weight excluding hydrogens is 261 g/mol. The maximum absolute atomic E-state index is 5.91. The molecule has 0 radical (unpaired) electrons. The first-order valence-corrected chi connectivity index (χ1v) is 7.26. The van der Waals surface area contributed by atoms with Crippen LogP contribution in [-0.4, -0.2) is 23.7 Å². The van der Waals surface area contributed by atoms with E-state index in [9.17, 15) is 0 Å². The zero-order chi connectivity index (χ0) is 11.5. The lowest BCUT2D eigenvalue weighted by Crippen LogP contribution is -2.33. The van der Waals surface area contributed by atoms with E-state index in [-0.39, 0.29) is 10.9 Å². The van der Waals surface area contributed by atoms with Crippen LogP contribution < -0.4 is 5.32 Å². The molecule has 0 saturated heterocycles. The summed E-state index contributed by atoms with van der Waals surface area (Å²) in [5, 5.41) is 3.15. The molecule has 1 aromatic rings. The van der Waals surface area contributed by atoms with Crippen LogP contribution >= 0.6 is 35.0 Å². The number of benzene rings is 1. The summed E-state index contributed by atoms with van der Waals surface area (Å²) in [5.74, 6) is 1.21. The van der Waals surface area contributed by atoms with Crippen molar-refractivity contribution in [3.63, 3.8) is 0 Å². The molecule has 1 atom stereocenters. The average Bonchev–Trinajstić information content (AvgIpc) is 2.72. The Balaban J connectivity index is 2.10. The summed E-state index contributed by atoms with van der Waals surface area (Å²) in [4.78, 5) is 1.05. The number of hydrogen-bond donors (Lipinski definition) is 1. The van der Waals surface area contributed by atoms with Crippen LogP contribution in [0.25, 0.3) is 0 Å². The van der Waals surface area contributed by atoms with Gasteiger partial charge in [-0.2, -0.15) is 0 Å². The van der Waals surface area contributed by atoms with E-state index in [1.54, 1.807) is 0 Å². The van der Waals surface area contributed by atoms with E-state index >= 15 is 0 Å². The highest BCUT2D eigenvalue weighted by atomic mass is 35.5. The lowest BCUT2D eigenvalue weighted by molar-refractivity contribution is 0.592. The molecule has 4 heteroatoms. The zero-order valence-corrected chi connectivity index (χ0v) is 11.5. The smallest absolute Gasteiger partial charge is 0.123 e. The second kappa shape index (κ2) is 5.63. The van der Waals surface area contributed by atoms with Gasteiger partial charge in [0, 0.05) is 16.7 Å². The molecule has 0 amide bonds. The van der Waals surface area contributed by atoms with Crippen LogP contribution in [0.1, 0.15) is 11.1 Å². The Morgan fingerprint density at radius 3 is 2.94 bits per heavy atom. The van der Waals surface area contributed by atoms with E-state index in [1.165, 1.54) is 28.2 Å². The third-order valence-electron chi connectivity index (χ3n) is 2.89. The lowest BCUT2D eigenvalue weighted by Gasteiger charge is -2.17. The van der Waals surface area contributed by atoms with Gasteiger partial charge in [0.25, 0.3) is 0 Å². The van der Waals surface area contributed by atoms with Crippen LogP contribution in [0.4, 0.5) is 0 Å². The summed E-state index contributed by atoms with van der Waals surface area (Å²) in [6, 6.07) is 6.81. The largest absolute Gasteiger partial charge is 0.314 e. The van der Waals surface area contributed by atoms with E-state index in [1.807, 2.05) is 18.8 Å². The van der Waals surface area contributed by atoms with Gasteiger partial charge in [0.05, 0.1) is 0 Å². The Morgan fingerprint density at radius 2 is 2.25 bits per heavy atom. The summed E-state index contributed by atoms with van der Waals surface area (Å²) in [6.45, 7) is 0. The van der Waals surface area contributed by atoms with Crippen LogP contribution in [0, 0.1) is 0 Å². The fourth-order valence-electron chi connectivity index (χ4n) is 1.91. The fraction of sp³-hybridized carbons (Fsp3) is 0.500. The molecule has 1 nitrogen and oxygen atoms in total. The molecule has 1 aliphatic rings. The summed E-state index contributed by atoms with van der Waals surface area (Å²) in [5.41, 5.74) is 2.78. The number of nitrogens with one attached hydrogen (secondary N) is 1. The van der Waals surface area contributed by atoms with Crippen molar-refractivity contribution in [1.29, 1.82) is 0 Å². The quantitative estimate of drug-likeness (QED) is 0.847. The first-order valence-electron chi connectivity index (χ1n) is 5.40. The Kier molecular flexibility index (Phi) is 4.42. The van der Waals surface area contributed by atoms with Crippen molar-refractivity contribution in [2.24, 2.45) is 0 Å². The van der Waals surface area contributed by atoms with Crippen molar-refractivity contribution in [2.45, 2.75) is 28.6 Å². The second-order valence-electron chi connectivity index (χ2n) is 3.97. The van der Waals surface area contributed by atoms with Gasteiger partial charge in [-0.25, -0.2) is 0 Å². The molecule has 16 heavy (non-hydrogen) atoms. The van der Waals surface area contributed by atoms with E-state index in [2.05, 4.69) is 23.5 Å². The number of hydrogen-bond acceptors (Lipinski definition) is 2. The zero-order valence-electron chi connectivity index (χ0n) is 9.17. The molecule has 0 saturated carbocycles. The van der Waals surface area contributed by atoms with Crippen LogP contribution in [0.2, 0.25) is 0 Å². The molecule has 1 unspecified atom stereocenters. The fourth-order valence-corrected chi connectivity index (χ4v) is 3.47. The molecule has 0 spiro atoms. The van der Waals surface area contributed by atoms with Crippen LogP contribution in [0.5, 0.6) is 0 Å². The second-order valence-corrected chi connectivity index (χ2v) is 6.27. The molecule has 1 N–H and O–H groups in total. The van der Waals surface area contributed by atoms with Gasteiger partial charge in [-0.05, 0) is 37.1 Å². The molecule has 1 heterocycles. The van der Waals surface area contributed by atoms with Crippen LogP contribution in [-0.2, 0) is 12.8 Å². The number of alkyl halides is 2. The maximum atomic E-state index is 5.91. The van der Waals surface area contributed by atoms with Gasteiger partial charge in [-0.15, -0.1) is 35.0 Å². The third-order valence-corrected chi connectivity index (χ3v) is 4.60. The Bertz CT molecular complexity index is 368. The van der Waals surface area contributed by atoms with E-state index in [4.69, 9.17) is 23.2 Å². The Hall–Kier alpha value is 0.110. The summed E-state index contributed by atoms with van der Waals surface area (Å²) >= 11 is 13.8. The molecule has 0 fully saturated rings. The first kappa shape index (κ1) is 12.6. The Labute approximate surface area is 111 Å². The van der Waals surface area contributed by atoms with Crippen molar-refractivity contribution >= 4 is 35.0 Å². The van der Waals surface area contributed by atoms with Crippen molar-refractivity contribution in [3.05, 3.63) is 29.3 Å². The number of thioether (sulfide) groups is 1. The van der Waals surface area contributed by atoms with E-state index in [0.717, 1.165) is 6.42 Å². The number of rotatable bonds is 4. The summed E-state index contributed by atoms with van der Waals surface area (Å²) < 4.78 is 0. The molecule has 1 aliphatic heterocycles. The van der Waals surface area contributed by atoms with Gasteiger partial charge >= 0.3 is 0 Å². The molecule has 2 rings (SSSR count). The number of fused-ring (bicyclic) bond motifs is 1. The minimum Gasteiger partial charge on any atom is -0.314 e. The maximum Gasteiger partial charge on any atom is 0.123 e. The van der Waals surface area contributed by atoms with E-state index < -0.39 is 0 Å². The topological polar surface area (TPSA) is 12.0 Å². The van der Waals surface area contributed by atoms with Crippen molar-refractivity contribution in [1.82, 2.24) is 5.32 Å². The molecule has 0 aliphatic carbocycles. The lowest BCUT2D eigenvalue weighted by atomic mass is 10.0. The molecule has 1 aromatic carbocycles. The summed E-state index contributed by atoms with van der Waals surface area (Å²) in [7, 11) is 1.89. The predicted octanol–water partition coefficient (Wildman–Crippen LogP) is 3.27. The van der Waals surface area contributed by atoms with Crippen molar-refractivity contribution < 1.29 is 0 Å². The number of likely N-dealkylation sites (N-methyl/N-ethyl adjacent to an activating group) is 1. The van der Waals surface area contributed by atoms with Gasteiger partial charge in [0.15, 0.2) is 0 Å². The van der Waals surface area contributed by atoms with Gasteiger partial charge in [0.2, 0.25) is 0 Å². The monoisotopic (exact) mass is 275 g/mol. The molecular formula is C12H15Cl2NS. The predicted molar refractivity (Wildman–Crippen MR) is 72.9 cm³/mol. The highest BCUT2D eigenvalue weighted by molar-refractivity contribution is 7.99. The minimum atomic E-state index is -0.370. The molecule has 0 aromatic heterocycles. The first-order chi connectivity index (χ1) is 7.70. The van der Waals surface area contributed by atoms with Gasteiger partial charge < -0.3 is 5.32 Å². The Morgan fingerprint density at radius 1 is 1.44 bits per heavy atom. The third kappa shape index (κ3) is 2.86. The van der Waals surface area contributed by atoms with Crippen molar-refractivity contribution in [3.8, 4) is 0 Å². The highest BCUT2D eigenvalue weighted by Crippen LogP contribution is 2.32. The van der Waals surface area contributed by atoms with Gasteiger partial charge in [-0.3, -0.25) is 0 Å². The van der Waals surface area contributed by atoms with Gasteiger partial charge in [0.1, 0.15) is 4.84 Å². The standard InChI is InChI=1S/C12H15Cl2NS/c1-15-10(12(13)14)6-8-2-3-9-4-5-16-11(9)7-8/h2-3,7,10,12,15H,4-6H2,1H3. The highest BCUT2D eigenvalue weighted by Gasteiger charge is 2.17. The molecule has 88 valence electrons. The average molecular weight is 276 g/mol. The molecule has 0 bridgehead atoms. The van der Waals surface area contributed by atoms with Crippen LogP contribution in [0.3, 0.4) is 0 Å².